The van der Waals surface area contributed by atoms with Crippen molar-refractivity contribution < 1.29 is 17.9 Å². The number of carbonyl (C=O) groups is 1. The predicted octanol–water partition coefficient (Wildman–Crippen LogP) is 1.93. The largest absolute Gasteiger partial charge is 0.383 e. The average Bonchev–Trinajstić information content (AvgIpc) is 2.56. The number of benzene rings is 1. The highest BCUT2D eigenvalue weighted by Gasteiger charge is 2.28. The molecular formula is C17H26N2O4S. The summed E-state index contributed by atoms with van der Waals surface area (Å²) in [6.45, 7) is 5.08. The standard InChI is InChI=1S/C17H26N2O4S/c1-13-7-8-15(17(20)18-14(2)12-23-3)11-16(13)24(21,22)19-9-5-4-6-10-19/h7-8,11,14H,4-6,9-10,12H2,1-3H3,(H,18,20). The molecule has 0 aromatic heterocycles. The first-order valence-electron chi connectivity index (χ1n) is 8.27. The Kier molecular flexibility index (Phi) is 6.37. The summed E-state index contributed by atoms with van der Waals surface area (Å²) in [5, 5.41) is 2.80. The number of nitrogens with zero attached hydrogens (tertiary/aromatic N) is 1. The summed E-state index contributed by atoms with van der Waals surface area (Å²) in [6.07, 6.45) is 2.82. The molecule has 0 aliphatic carbocycles. The molecule has 1 aromatic rings. The van der Waals surface area contributed by atoms with E-state index in [9.17, 15) is 13.2 Å². The third-order valence-corrected chi connectivity index (χ3v) is 6.22. The second kappa shape index (κ2) is 8.09. The molecule has 2 rings (SSSR count). The summed E-state index contributed by atoms with van der Waals surface area (Å²) >= 11 is 0. The molecule has 1 heterocycles. The fraction of sp³-hybridized carbons (Fsp3) is 0.588. The minimum Gasteiger partial charge on any atom is -0.383 e. The molecule has 0 radical (unpaired) electrons. The van der Waals surface area contributed by atoms with Gasteiger partial charge in [0.2, 0.25) is 10.0 Å². The van der Waals surface area contributed by atoms with E-state index in [1.807, 2.05) is 6.92 Å². The lowest BCUT2D eigenvalue weighted by atomic mass is 10.1. The van der Waals surface area contributed by atoms with Gasteiger partial charge in [-0.2, -0.15) is 4.31 Å². The van der Waals surface area contributed by atoms with Crippen molar-refractivity contribution in [1.29, 1.82) is 0 Å². The monoisotopic (exact) mass is 354 g/mol. The van der Waals surface area contributed by atoms with Crippen molar-refractivity contribution in [3.05, 3.63) is 29.3 Å². The molecule has 1 unspecified atom stereocenters. The third-order valence-electron chi connectivity index (χ3n) is 4.18. The van der Waals surface area contributed by atoms with Crippen molar-refractivity contribution >= 4 is 15.9 Å². The van der Waals surface area contributed by atoms with Gasteiger partial charge < -0.3 is 10.1 Å². The lowest BCUT2D eigenvalue weighted by molar-refractivity contribution is 0.0905. The average molecular weight is 354 g/mol. The van der Waals surface area contributed by atoms with E-state index in [4.69, 9.17) is 4.74 Å². The molecule has 24 heavy (non-hydrogen) atoms. The fourth-order valence-electron chi connectivity index (χ4n) is 2.86. The van der Waals surface area contributed by atoms with Gasteiger partial charge in [0.15, 0.2) is 0 Å². The van der Waals surface area contributed by atoms with Crippen LogP contribution in [0.5, 0.6) is 0 Å². The quantitative estimate of drug-likeness (QED) is 0.847. The number of ether oxygens (including phenoxy) is 1. The van der Waals surface area contributed by atoms with Crippen molar-refractivity contribution in [2.75, 3.05) is 26.8 Å². The first-order valence-corrected chi connectivity index (χ1v) is 9.71. The molecule has 0 spiro atoms. The van der Waals surface area contributed by atoms with Gasteiger partial charge in [-0.1, -0.05) is 12.5 Å². The van der Waals surface area contributed by atoms with Crippen LogP contribution in [-0.4, -0.2) is 51.5 Å². The Bertz CT molecular complexity index is 682. The second-order valence-electron chi connectivity index (χ2n) is 6.27. The summed E-state index contributed by atoms with van der Waals surface area (Å²) in [5.41, 5.74) is 1.00. The molecule has 1 amide bonds. The van der Waals surface area contributed by atoms with E-state index < -0.39 is 10.0 Å². The van der Waals surface area contributed by atoms with Crippen LogP contribution in [0.3, 0.4) is 0 Å². The first kappa shape index (κ1) is 18.9. The molecule has 1 aliphatic rings. The number of nitrogens with one attached hydrogen (secondary N) is 1. The van der Waals surface area contributed by atoms with Gasteiger partial charge in [-0.05, 0) is 44.4 Å². The minimum absolute atomic E-state index is 0.147. The number of rotatable bonds is 6. The van der Waals surface area contributed by atoms with Crippen LogP contribution in [-0.2, 0) is 14.8 Å². The van der Waals surface area contributed by atoms with Crippen LogP contribution in [0.2, 0.25) is 0 Å². The zero-order valence-corrected chi connectivity index (χ0v) is 15.4. The molecule has 1 saturated heterocycles. The summed E-state index contributed by atoms with van der Waals surface area (Å²) in [6, 6.07) is 4.67. The van der Waals surface area contributed by atoms with Crippen LogP contribution < -0.4 is 5.32 Å². The number of hydrogen-bond acceptors (Lipinski definition) is 4. The topological polar surface area (TPSA) is 75.7 Å². The highest BCUT2D eigenvalue weighted by Crippen LogP contribution is 2.24. The van der Waals surface area contributed by atoms with Gasteiger partial charge in [-0.15, -0.1) is 0 Å². The fourth-order valence-corrected chi connectivity index (χ4v) is 4.63. The first-order chi connectivity index (χ1) is 11.4. The maximum Gasteiger partial charge on any atom is 0.251 e. The third kappa shape index (κ3) is 4.34. The Morgan fingerprint density at radius 1 is 1.29 bits per heavy atom. The molecule has 0 saturated carbocycles. The maximum atomic E-state index is 12.9. The van der Waals surface area contributed by atoms with Crippen molar-refractivity contribution in [3.8, 4) is 0 Å². The Morgan fingerprint density at radius 2 is 1.96 bits per heavy atom. The summed E-state index contributed by atoms with van der Waals surface area (Å²) in [7, 11) is -1.99. The molecule has 0 bridgehead atoms. The van der Waals surface area contributed by atoms with Crippen LogP contribution in [0.1, 0.15) is 42.1 Å². The van der Waals surface area contributed by atoms with Crippen LogP contribution in [0.25, 0.3) is 0 Å². The number of methoxy groups -OCH3 is 1. The van der Waals surface area contributed by atoms with Gasteiger partial charge in [-0.25, -0.2) is 8.42 Å². The van der Waals surface area contributed by atoms with Crippen LogP contribution in [0.4, 0.5) is 0 Å². The Labute approximate surface area is 144 Å². The Morgan fingerprint density at radius 3 is 2.58 bits per heavy atom. The van der Waals surface area contributed by atoms with Crippen molar-refractivity contribution in [2.45, 2.75) is 44.0 Å². The van der Waals surface area contributed by atoms with Gasteiger partial charge in [0.1, 0.15) is 0 Å². The number of amides is 1. The van der Waals surface area contributed by atoms with E-state index in [0.717, 1.165) is 19.3 Å². The van der Waals surface area contributed by atoms with Crippen LogP contribution >= 0.6 is 0 Å². The van der Waals surface area contributed by atoms with Gasteiger partial charge in [0.05, 0.1) is 11.5 Å². The SMILES string of the molecule is COCC(C)NC(=O)c1ccc(C)c(S(=O)(=O)N2CCCCC2)c1. The Balaban J connectivity index is 2.26. The molecule has 134 valence electrons. The van der Waals surface area contributed by atoms with E-state index in [2.05, 4.69) is 5.32 Å². The van der Waals surface area contributed by atoms with E-state index in [1.54, 1.807) is 26.2 Å². The highest BCUT2D eigenvalue weighted by molar-refractivity contribution is 7.89. The van der Waals surface area contributed by atoms with Gasteiger partial charge in [0, 0.05) is 31.8 Å². The molecule has 6 nitrogen and oxygen atoms in total. The zero-order chi connectivity index (χ0) is 17.7. The molecule has 1 aliphatic heterocycles. The molecule has 1 N–H and O–H groups in total. The lowest BCUT2D eigenvalue weighted by Crippen LogP contribution is -2.37. The van der Waals surface area contributed by atoms with E-state index in [1.165, 1.54) is 10.4 Å². The number of carbonyl (C=O) groups excluding carboxylic acids is 1. The Hall–Kier alpha value is -1.44. The molecule has 1 fully saturated rings. The normalized spacial score (nSPS) is 17.5. The highest BCUT2D eigenvalue weighted by atomic mass is 32.2. The second-order valence-corrected chi connectivity index (χ2v) is 8.18. The van der Waals surface area contributed by atoms with E-state index >= 15 is 0 Å². The van der Waals surface area contributed by atoms with Crippen molar-refractivity contribution in [2.24, 2.45) is 0 Å². The number of sulfonamides is 1. The van der Waals surface area contributed by atoms with Gasteiger partial charge in [0.25, 0.3) is 5.91 Å². The number of piperidine rings is 1. The summed E-state index contributed by atoms with van der Waals surface area (Å²) in [4.78, 5) is 12.5. The van der Waals surface area contributed by atoms with Gasteiger partial charge >= 0.3 is 0 Å². The molecular weight excluding hydrogens is 328 g/mol. The minimum atomic E-state index is -3.56. The number of aryl methyl sites for hydroxylation is 1. The lowest BCUT2D eigenvalue weighted by Gasteiger charge is -2.26. The smallest absolute Gasteiger partial charge is 0.251 e. The van der Waals surface area contributed by atoms with Crippen LogP contribution in [0, 0.1) is 6.92 Å². The number of hydrogen-bond donors (Lipinski definition) is 1. The van der Waals surface area contributed by atoms with Crippen LogP contribution in [0.15, 0.2) is 23.1 Å². The molecule has 7 heteroatoms. The van der Waals surface area contributed by atoms with Crippen molar-refractivity contribution in [3.63, 3.8) is 0 Å². The zero-order valence-electron chi connectivity index (χ0n) is 14.5. The predicted molar refractivity (Wildman–Crippen MR) is 92.6 cm³/mol. The summed E-state index contributed by atoms with van der Waals surface area (Å²) in [5.74, 6) is -0.297. The van der Waals surface area contributed by atoms with E-state index in [0.29, 0.717) is 30.8 Å². The molecule has 1 atom stereocenters. The maximum absolute atomic E-state index is 12.9. The van der Waals surface area contributed by atoms with E-state index in [-0.39, 0.29) is 16.8 Å². The summed E-state index contributed by atoms with van der Waals surface area (Å²) < 4.78 is 32.3. The van der Waals surface area contributed by atoms with Gasteiger partial charge in [-0.3, -0.25) is 4.79 Å². The molecule has 1 aromatic carbocycles. The van der Waals surface area contributed by atoms with Crippen molar-refractivity contribution in [1.82, 2.24) is 9.62 Å².